The largest absolute Gasteiger partial charge is 0.392 e. The van der Waals surface area contributed by atoms with Gasteiger partial charge in [-0.05, 0) is 42.9 Å². The van der Waals surface area contributed by atoms with Gasteiger partial charge in [0.15, 0.2) is 0 Å². The Bertz CT molecular complexity index is 489. The van der Waals surface area contributed by atoms with Crippen LogP contribution in [0.3, 0.4) is 0 Å². The molecule has 1 aromatic rings. The molecule has 1 aliphatic rings. The molecule has 2 N–H and O–H groups in total. The highest BCUT2D eigenvalue weighted by Gasteiger charge is 2.47. The zero-order valence-corrected chi connectivity index (χ0v) is 13.1. The minimum absolute atomic E-state index is 0.130. The molecule has 1 aliphatic carbocycles. The van der Waals surface area contributed by atoms with Gasteiger partial charge in [0.25, 0.3) is 0 Å². The highest BCUT2D eigenvalue weighted by Crippen LogP contribution is 2.43. The highest BCUT2D eigenvalue weighted by molar-refractivity contribution is 9.10. The van der Waals surface area contributed by atoms with Gasteiger partial charge in [0.2, 0.25) is 0 Å². The molecule has 0 bridgehead atoms. The van der Waals surface area contributed by atoms with Crippen LogP contribution >= 0.6 is 15.9 Å². The van der Waals surface area contributed by atoms with Gasteiger partial charge in [-0.1, -0.05) is 34.8 Å². The van der Waals surface area contributed by atoms with Crippen LogP contribution in [0, 0.1) is 17.7 Å². The molecule has 1 saturated carbocycles. The van der Waals surface area contributed by atoms with E-state index in [1.807, 2.05) is 0 Å². The number of hydrogen-bond acceptors (Lipinski definition) is 1. The summed E-state index contributed by atoms with van der Waals surface area (Å²) >= 11 is 3.15. The zero-order chi connectivity index (χ0) is 15.6. The first kappa shape index (κ1) is 16.7. The maximum atomic E-state index is 13.8. The van der Waals surface area contributed by atoms with E-state index in [0.717, 1.165) is 6.42 Å². The van der Waals surface area contributed by atoms with Gasteiger partial charge in [0.1, 0.15) is 5.82 Å². The molecule has 6 heteroatoms. The molecule has 1 nitrogen and oxygen atoms in total. The van der Waals surface area contributed by atoms with E-state index in [1.54, 1.807) is 12.1 Å². The molecule has 0 aromatic heterocycles. The maximum Gasteiger partial charge on any atom is 0.392 e. The maximum absolute atomic E-state index is 13.8. The van der Waals surface area contributed by atoms with Crippen LogP contribution in [-0.4, -0.2) is 12.2 Å². The summed E-state index contributed by atoms with van der Waals surface area (Å²) in [5.74, 6) is -2.42. The van der Waals surface area contributed by atoms with Gasteiger partial charge in [0, 0.05) is 10.5 Å². The zero-order valence-electron chi connectivity index (χ0n) is 11.5. The summed E-state index contributed by atoms with van der Waals surface area (Å²) in [4.78, 5) is 0. The summed E-state index contributed by atoms with van der Waals surface area (Å²) in [6.07, 6.45) is -2.15. The number of nitrogens with two attached hydrogens (primary N) is 1. The van der Waals surface area contributed by atoms with Gasteiger partial charge in [0.05, 0.1) is 5.92 Å². The first-order chi connectivity index (χ1) is 9.79. The van der Waals surface area contributed by atoms with E-state index in [2.05, 4.69) is 15.9 Å². The van der Waals surface area contributed by atoms with Crippen LogP contribution in [0.4, 0.5) is 17.6 Å². The normalized spacial score (nSPS) is 24.9. The number of alkyl halides is 3. The summed E-state index contributed by atoms with van der Waals surface area (Å²) in [7, 11) is 0. The molecule has 1 aromatic carbocycles. The van der Waals surface area contributed by atoms with Crippen molar-refractivity contribution in [2.45, 2.75) is 44.3 Å². The standard InChI is InChI=1S/C15H18BrF4N/c16-10-6-5-9(13(17)8-10)7-14(21)11-3-1-2-4-12(11)15(18,19)20/h5-6,8,11-12,14H,1-4,7,21H2. The van der Waals surface area contributed by atoms with Crippen LogP contribution in [0.5, 0.6) is 0 Å². The van der Waals surface area contributed by atoms with Crippen LogP contribution in [-0.2, 0) is 6.42 Å². The van der Waals surface area contributed by atoms with Crippen molar-refractivity contribution in [2.24, 2.45) is 17.6 Å². The van der Waals surface area contributed by atoms with Gasteiger partial charge >= 0.3 is 6.18 Å². The molecular formula is C15H18BrF4N. The molecular weight excluding hydrogens is 350 g/mol. The van der Waals surface area contributed by atoms with Crippen molar-refractivity contribution in [1.29, 1.82) is 0 Å². The Hall–Kier alpha value is -0.620. The predicted octanol–water partition coefficient (Wildman–Crippen LogP) is 4.83. The van der Waals surface area contributed by atoms with E-state index in [-0.39, 0.29) is 12.8 Å². The third kappa shape index (κ3) is 4.19. The average Bonchev–Trinajstić information content (AvgIpc) is 2.41. The molecule has 0 radical (unpaired) electrons. The molecule has 0 amide bonds. The Labute approximate surface area is 130 Å². The summed E-state index contributed by atoms with van der Waals surface area (Å²) < 4.78 is 53.7. The third-order valence-electron chi connectivity index (χ3n) is 4.26. The lowest BCUT2D eigenvalue weighted by atomic mass is 9.73. The van der Waals surface area contributed by atoms with E-state index >= 15 is 0 Å². The summed E-state index contributed by atoms with van der Waals surface area (Å²) in [6, 6.07) is 3.88. The third-order valence-corrected chi connectivity index (χ3v) is 4.75. The Kier molecular flexibility index (Phi) is 5.30. The van der Waals surface area contributed by atoms with Crippen LogP contribution < -0.4 is 5.73 Å². The topological polar surface area (TPSA) is 26.0 Å². The first-order valence-electron chi connectivity index (χ1n) is 7.05. The van der Waals surface area contributed by atoms with Gasteiger partial charge in [-0.25, -0.2) is 4.39 Å². The van der Waals surface area contributed by atoms with Gasteiger partial charge in [-0.3, -0.25) is 0 Å². The van der Waals surface area contributed by atoms with E-state index in [0.29, 0.717) is 22.9 Å². The number of hydrogen-bond donors (Lipinski definition) is 1. The molecule has 0 aliphatic heterocycles. The van der Waals surface area contributed by atoms with Crippen molar-refractivity contribution >= 4 is 15.9 Å². The Morgan fingerprint density at radius 3 is 2.52 bits per heavy atom. The van der Waals surface area contributed by atoms with Crippen LogP contribution in [0.1, 0.15) is 31.2 Å². The van der Waals surface area contributed by atoms with Gasteiger partial charge in [-0.15, -0.1) is 0 Å². The molecule has 21 heavy (non-hydrogen) atoms. The fourth-order valence-electron chi connectivity index (χ4n) is 3.17. The number of rotatable bonds is 3. The molecule has 118 valence electrons. The molecule has 2 rings (SSSR count). The van der Waals surface area contributed by atoms with Gasteiger partial charge < -0.3 is 5.73 Å². The fraction of sp³-hybridized carbons (Fsp3) is 0.600. The quantitative estimate of drug-likeness (QED) is 0.761. The van der Waals surface area contributed by atoms with Crippen LogP contribution in [0.15, 0.2) is 22.7 Å². The Morgan fingerprint density at radius 2 is 1.90 bits per heavy atom. The average molecular weight is 368 g/mol. The lowest BCUT2D eigenvalue weighted by Crippen LogP contribution is -2.44. The first-order valence-corrected chi connectivity index (χ1v) is 7.84. The Morgan fingerprint density at radius 1 is 1.24 bits per heavy atom. The van der Waals surface area contributed by atoms with E-state index in [4.69, 9.17) is 5.73 Å². The van der Waals surface area contributed by atoms with Crippen molar-refractivity contribution in [3.05, 3.63) is 34.1 Å². The summed E-state index contributed by atoms with van der Waals surface area (Å²) in [5, 5.41) is 0. The van der Waals surface area contributed by atoms with Crippen molar-refractivity contribution in [3.8, 4) is 0 Å². The van der Waals surface area contributed by atoms with Crippen LogP contribution in [0.2, 0.25) is 0 Å². The van der Waals surface area contributed by atoms with Crippen molar-refractivity contribution in [2.75, 3.05) is 0 Å². The lowest BCUT2D eigenvalue weighted by Gasteiger charge is -2.36. The second kappa shape index (κ2) is 6.65. The number of benzene rings is 1. The smallest absolute Gasteiger partial charge is 0.327 e. The minimum atomic E-state index is -4.22. The molecule has 1 fully saturated rings. The van der Waals surface area contributed by atoms with Crippen molar-refractivity contribution in [1.82, 2.24) is 0 Å². The molecule has 0 heterocycles. The van der Waals surface area contributed by atoms with Crippen molar-refractivity contribution < 1.29 is 17.6 Å². The number of halogens is 5. The molecule has 0 saturated heterocycles. The molecule has 0 spiro atoms. The van der Waals surface area contributed by atoms with Crippen molar-refractivity contribution in [3.63, 3.8) is 0 Å². The SMILES string of the molecule is NC(Cc1ccc(Br)cc1F)C1CCCCC1C(F)(F)F. The molecule has 3 unspecified atom stereocenters. The fourth-order valence-corrected chi connectivity index (χ4v) is 3.50. The highest BCUT2D eigenvalue weighted by atomic mass is 79.9. The summed E-state index contributed by atoms with van der Waals surface area (Å²) in [5.41, 5.74) is 6.37. The van der Waals surface area contributed by atoms with E-state index in [9.17, 15) is 17.6 Å². The van der Waals surface area contributed by atoms with E-state index in [1.165, 1.54) is 6.07 Å². The Balaban J connectivity index is 2.12. The van der Waals surface area contributed by atoms with Gasteiger partial charge in [-0.2, -0.15) is 13.2 Å². The predicted molar refractivity (Wildman–Crippen MR) is 77.3 cm³/mol. The van der Waals surface area contributed by atoms with Crippen LogP contribution in [0.25, 0.3) is 0 Å². The van der Waals surface area contributed by atoms with E-state index < -0.39 is 29.9 Å². The lowest BCUT2D eigenvalue weighted by molar-refractivity contribution is -0.198. The second-order valence-corrected chi connectivity index (χ2v) is 6.62. The molecule has 3 atom stereocenters. The summed E-state index contributed by atoms with van der Waals surface area (Å²) in [6.45, 7) is 0. The minimum Gasteiger partial charge on any atom is -0.327 e. The monoisotopic (exact) mass is 367 g/mol. The second-order valence-electron chi connectivity index (χ2n) is 5.70.